The number of hydrogen-bond acceptors (Lipinski definition) is 6. The van der Waals surface area contributed by atoms with Gasteiger partial charge in [0.15, 0.2) is 9.84 Å². The quantitative estimate of drug-likeness (QED) is 0.887. The third-order valence-electron chi connectivity index (χ3n) is 2.78. The smallest absolute Gasteiger partial charge is 0.232 e. The minimum atomic E-state index is -2.83. The minimum absolute atomic E-state index is 0.133. The molecule has 2 heterocycles. The van der Waals surface area contributed by atoms with Crippen LogP contribution in [0.3, 0.4) is 0 Å². The van der Waals surface area contributed by atoms with Gasteiger partial charge in [-0.15, -0.1) is 0 Å². The lowest BCUT2D eigenvalue weighted by Crippen LogP contribution is -2.17. The van der Waals surface area contributed by atoms with Crippen LogP contribution in [0.15, 0.2) is 10.7 Å². The number of rotatable bonds is 4. The number of anilines is 1. The van der Waals surface area contributed by atoms with Crippen LogP contribution in [0, 0.1) is 5.92 Å². The van der Waals surface area contributed by atoms with E-state index in [9.17, 15) is 8.42 Å². The van der Waals surface area contributed by atoms with Gasteiger partial charge in [-0.05, 0) is 28.3 Å². The summed E-state index contributed by atoms with van der Waals surface area (Å²) in [7, 11) is -1.30. The number of sulfone groups is 1. The Bertz CT molecular complexity index is 535. The maximum absolute atomic E-state index is 11.3. The third kappa shape index (κ3) is 3.32. The molecule has 1 unspecified atom stereocenters. The maximum atomic E-state index is 11.3. The molecule has 1 atom stereocenters. The van der Waals surface area contributed by atoms with Crippen LogP contribution in [0.5, 0.6) is 5.88 Å². The maximum Gasteiger partial charge on any atom is 0.232 e. The van der Waals surface area contributed by atoms with E-state index in [1.54, 1.807) is 6.20 Å². The standard InChI is InChI=1S/C10H14BrN3O3S/c1-17-9-8(11)5-13-10(14-9)12-4-7-2-3-18(15,16)6-7/h5,7H,2-4,6H2,1H3,(H,12,13,14). The van der Waals surface area contributed by atoms with E-state index >= 15 is 0 Å². The van der Waals surface area contributed by atoms with Gasteiger partial charge in [-0.25, -0.2) is 13.4 Å². The fraction of sp³-hybridized carbons (Fsp3) is 0.600. The normalized spacial score (nSPS) is 21.8. The van der Waals surface area contributed by atoms with Crippen molar-refractivity contribution in [3.63, 3.8) is 0 Å². The monoisotopic (exact) mass is 335 g/mol. The molecule has 1 saturated heterocycles. The molecule has 6 nitrogen and oxygen atoms in total. The van der Waals surface area contributed by atoms with Crippen molar-refractivity contribution in [1.82, 2.24) is 9.97 Å². The Hall–Kier alpha value is -0.890. The van der Waals surface area contributed by atoms with Crippen molar-refractivity contribution in [3.8, 4) is 5.88 Å². The molecule has 1 N–H and O–H groups in total. The van der Waals surface area contributed by atoms with Gasteiger partial charge in [-0.1, -0.05) is 0 Å². The molecule has 1 aliphatic rings. The highest BCUT2D eigenvalue weighted by atomic mass is 79.9. The van der Waals surface area contributed by atoms with Crippen LogP contribution in [0.2, 0.25) is 0 Å². The number of hydrogen-bond donors (Lipinski definition) is 1. The fourth-order valence-electron chi connectivity index (χ4n) is 1.85. The number of ether oxygens (including phenoxy) is 1. The summed E-state index contributed by atoms with van der Waals surface area (Å²) in [6.45, 7) is 0.560. The SMILES string of the molecule is COc1nc(NCC2CCS(=O)(=O)C2)ncc1Br. The largest absolute Gasteiger partial charge is 0.480 e. The van der Waals surface area contributed by atoms with Gasteiger partial charge >= 0.3 is 0 Å². The zero-order valence-corrected chi connectivity index (χ0v) is 12.3. The summed E-state index contributed by atoms with van der Waals surface area (Å²) in [4.78, 5) is 8.23. The van der Waals surface area contributed by atoms with Gasteiger partial charge in [-0.2, -0.15) is 4.98 Å². The molecular weight excluding hydrogens is 322 g/mol. The molecule has 1 aromatic heterocycles. The molecule has 0 bridgehead atoms. The zero-order valence-electron chi connectivity index (χ0n) is 9.89. The van der Waals surface area contributed by atoms with Gasteiger partial charge in [0.2, 0.25) is 11.8 Å². The number of nitrogens with one attached hydrogen (secondary N) is 1. The van der Waals surface area contributed by atoms with Gasteiger partial charge in [0.25, 0.3) is 0 Å². The summed E-state index contributed by atoms with van der Waals surface area (Å²) >= 11 is 3.27. The molecule has 100 valence electrons. The van der Waals surface area contributed by atoms with Crippen LogP contribution < -0.4 is 10.1 Å². The molecule has 2 rings (SSSR count). The van der Waals surface area contributed by atoms with Crippen molar-refractivity contribution in [3.05, 3.63) is 10.7 Å². The van der Waals surface area contributed by atoms with Crippen LogP contribution in [0.1, 0.15) is 6.42 Å². The third-order valence-corrected chi connectivity index (χ3v) is 5.16. The van der Waals surface area contributed by atoms with Crippen LogP contribution in [0.4, 0.5) is 5.95 Å². The van der Waals surface area contributed by atoms with E-state index in [1.807, 2.05) is 0 Å². The van der Waals surface area contributed by atoms with Gasteiger partial charge in [-0.3, -0.25) is 0 Å². The van der Waals surface area contributed by atoms with Gasteiger partial charge in [0.1, 0.15) is 0 Å². The predicted molar refractivity (Wildman–Crippen MR) is 71.5 cm³/mol. The molecule has 1 aliphatic heterocycles. The highest BCUT2D eigenvalue weighted by Crippen LogP contribution is 2.23. The van der Waals surface area contributed by atoms with Crippen LogP contribution in [-0.2, 0) is 9.84 Å². The zero-order chi connectivity index (χ0) is 13.2. The Morgan fingerprint density at radius 3 is 3.00 bits per heavy atom. The Labute approximate surface area is 114 Å². The Morgan fingerprint density at radius 2 is 2.39 bits per heavy atom. The van der Waals surface area contributed by atoms with Crippen molar-refractivity contribution in [1.29, 1.82) is 0 Å². The molecule has 8 heteroatoms. The van der Waals surface area contributed by atoms with E-state index in [-0.39, 0.29) is 17.4 Å². The van der Waals surface area contributed by atoms with Crippen molar-refractivity contribution >= 4 is 31.7 Å². The molecule has 0 spiro atoms. The van der Waals surface area contributed by atoms with Gasteiger partial charge in [0, 0.05) is 6.54 Å². The molecule has 18 heavy (non-hydrogen) atoms. The number of nitrogens with zero attached hydrogens (tertiary/aromatic N) is 2. The van der Waals surface area contributed by atoms with Crippen molar-refractivity contribution < 1.29 is 13.2 Å². The fourth-order valence-corrected chi connectivity index (χ4v) is 4.06. The van der Waals surface area contributed by atoms with Crippen molar-refractivity contribution in [2.45, 2.75) is 6.42 Å². The Kier molecular flexibility index (Phi) is 4.06. The highest BCUT2D eigenvalue weighted by molar-refractivity contribution is 9.10. The highest BCUT2D eigenvalue weighted by Gasteiger charge is 2.27. The Balaban J connectivity index is 1.95. The first-order valence-corrected chi connectivity index (χ1v) is 8.12. The molecule has 0 radical (unpaired) electrons. The summed E-state index contributed by atoms with van der Waals surface area (Å²) in [6, 6.07) is 0. The van der Waals surface area contributed by atoms with E-state index in [1.165, 1.54) is 7.11 Å². The summed E-state index contributed by atoms with van der Waals surface area (Å²) in [5.74, 6) is 1.55. The van der Waals surface area contributed by atoms with Crippen molar-refractivity contribution in [2.75, 3.05) is 30.5 Å². The molecule has 0 aliphatic carbocycles. The number of methoxy groups -OCH3 is 1. The summed E-state index contributed by atoms with van der Waals surface area (Å²) in [5, 5.41) is 3.04. The lowest BCUT2D eigenvalue weighted by atomic mass is 10.1. The second-order valence-corrected chi connectivity index (χ2v) is 7.28. The van der Waals surface area contributed by atoms with Crippen molar-refractivity contribution in [2.24, 2.45) is 5.92 Å². The first kappa shape index (κ1) is 13.5. The second-order valence-electron chi connectivity index (χ2n) is 4.20. The van der Waals surface area contributed by atoms with E-state index in [2.05, 4.69) is 31.2 Å². The van der Waals surface area contributed by atoms with E-state index < -0.39 is 9.84 Å². The summed E-state index contributed by atoms with van der Waals surface area (Å²) in [5.41, 5.74) is 0. The summed E-state index contributed by atoms with van der Waals surface area (Å²) in [6.07, 6.45) is 2.29. The molecule has 1 fully saturated rings. The molecular formula is C10H14BrN3O3S. The molecule has 1 aromatic rings. The average molecular weight is 336 g/mol. The first-order chi connectivity index (χ1) is 8.50. The minimum Gasteiger partial charge on any atom is -0.480 e. The predicted octanol–water partition coefficient (Wildman–Crippen LogP) is 1.09. The van der Waals surface area contributed by atoms with Crippen LogP contribution in [0.25, 0.3) is 0 Å². The van der Waals surface area contributed by atoms with E-state index in [0.717, 1.165) is 0 Å². The molecule has 0 amide bonds. The molecule has 0 aromatic carbocycles. The number of aromatic nitrogens is 2. The lowest BCUT2D eigenvalue weighted by Gasteiger charge is -2.10. The van der Waals surface area contributed by atoms with Gasteiger partial charge in [0.05, 0.1) is 29.3 Å². The second kappa shape index (κ2) is 5.40. The summed E-state index contributed by atoms with van der Waals surface area (Å²) < 4.78 is 28.4. The lowest BCUT2D eigenvalue weighted by molar-refractivity contribution is 0.394. The van der Waals surface area contributed by atoms with Gasteiger partial charge < -0.3 is 10.1 Å². The van der Waals surface area contributed by atoms with Crippen LogP contribution in [-0.4, -0.2) is 43.5 Å². The van der Waals surface area contributed by atoms with Crippen LogP contribution >= 0.6 is 15.9 Å². The number of halogens is 1. The Morgan fingerprint density at radius 1 is 1.61 bits per heavy atom. The average Bonchev–Trinajstić information content (AvgIpc) is 2.68. The molecule has 0 saturated carbocycles. The topological polar surface area (TPSA) is 81.2 Å². The van der Waals surface area contributed by atoms with E-state index in [0.29, 0.717) is 29.3 Å². The first-order valence-electron chi connectivity index (χ1n) is 5.51. The van der Waals surface area contributed by atoms with E-state index in [4.69, 9.17) is 4.74 Å².